The normalized spacial score (nSPS) is 9.75. The van der Waals surface area contributed by atoms with Crippen LogP contribution < -0.4 is 0 Å². The highest BCUT2D eigenvalue weighted by molar-refractivity contribution is 4.84. The zero-order chi connectivity index (χ0) is 9.33. The standard InChI is InChI=1S/C4H5F3.C3H6O.H2O/c1-2-3-4(5,6)7;1-2-3-4;/h2-3H,1H3;2,4H,1,3H2;1H2/b3-2+;;. The van der Waals surface area contributed by atoms with Gasteiger partial charge in [-0.1, -0.05) is 12.2 Å². The van der Waals surface area contributed by atoms with E-state index < -0.39 is 6.18 Å². The Morgan fingerprint density at radius 2 is 1.75 bits per heavy atom. The summed E-state index contributed by atoms with van der Waals surface area (Å²) in [6.07, 6.45) is -1.55. The lowest BCUT2D eigenvalue weighted by Crippen LogP contribution is -1.99. The number of rotatable bonds is 1. The predicted molar refractivity (Wildman–Crippen MR) is 41.8 cm³/mol. The Morgan fingerprint density at radius 1 is 1.42 bits per heavy atom. The molecule has 0 aliphatic carbocycles. The average Bonchev–Trinajstić information content (AvgIpc) is 1.86. The molecule has 0 radical (unpaired) electrons. The molecular weight excluding hydrogens is 173 g/mol. The summed E-state index contributed by atoms with van der Waals surface area (Å²) in [5.41, 5.74) is 0. The van der Waals surface area contributed by atoms with Crippen LogP contribution in [-0.2, 0) is 0 Å². The van der Waals surface area contributed by atoms with Crippen LogP contribution in [0.2, 0.25) is 0 Å². The van der Waals surface area contributed by atoms with Crippen molar-refractivity contribution < 1.29 is 23.8 Å². The Bertz CT molecular complexity index is 118. The number of hydrogen-bond donors (Lipinski definition) is 1. The van der Waals surface area contributed by atoms with Crippen molar-refractivity contribution >= 4 is 0 Å². The highest BCUT2D eigenvalue weighted by Crippen LogP contribution is 2.15. The first kappa shape index (κ1) is 17.3. The lowest BCUT2D eigenvalue weighted by atomic mass is 10.5. The van der Waals surface area contributed by atoms with E-state index >= 15 is 0 Å². The van der Waals surface area contributed by atoms with Crippen LogP contribution in [0.1, 0.15) is 6.92 Å². The molecular formula is C7H13F3O2. The molecule has 0 aromatic heterocycles. The van der Waals surface area contributed by atoms with Gasteiger partial charge >= 0.3 is 6.18 Å². The molecule has 0 heterocycles. The average molecular weight is 186 g/mol. The molecule has 0 spiro atoms. The van der Waals surface area contributed by atoms with Gasteiger partial charge in [0.15, 0.2) is 0 Å². The summed E-state index contributed by atoms with van der Waals surface area (Å²) >= 11 is 0. The van der Waals surface area contributed by atoms with E-state index in [1.165, 1.54) is 13.0 Å². The summed E-state index contributed by atoms with van der Waals surface area (Å²) in [5.74, 6) is 0. The molecule has 3 N–H and O–H groups in total. The first-order chi connectivity index (χ1) is 4.97. The summed E-state index contributed by atoms with van der Waals surface area (Å²) in [7, 11) is 0. The van der Waals surface area contributed by atoms with Gasteiger partial charge in [0.1, 0.15) is 0 Å². The monoisotopic (exact) mass is 186 g/mol. The smallest absolute Gasteiger partial charge is 0.409 e. The highest BCUT2D eigenvalue weighted by Gasteiger charge is 2.20. The number of hydrogen-bond acceptors (Lipinski definition) is 1. The largest absolute Gasteiger partial charge is 0.412 e. The lowest BCUT2D eigenvalue weighted by molar-refractivity contribution is -0.0799. The molecule has 0 aliphatic rings. The molecule has 5 heteroatoms. The van der Waals surface area contributed by atoms with Crippen LogP contribution in [0.3, 0.4) is 0 Å². The topological polar surface area (TPSA) is 51.7 Å². The molecule has 0 aromatic rings. The van der Waals surface area contributed by atoms with Gasteiger partial charge in [-0.2, -0.15) is 13.2 Å². The van der Waals surface area contributed by atoms with Gasteiger partial charge in [0.2, 0.25) is 0 Å². The fourth-order valence-electron chi connectivity index (χ4n) is 0.189. The van der Waals surface area contributed by atoms with Gasteiger partial charge in [-0.3, -0.25) is 0 Å². The molecule has 0 saturated heterocycles. The number of aliphatic hydroxyl groups excluding tert-OH is 1. The first-order valence-electron chi connectivity index (χ1n) is 2.90. The second-order valence-corrected chi connectivity index (χ2v) is 1.51. The highest BCUT2D eigenvalue weighted by atomic mass is 19.4. The van der Waals surface area contributed by atoms with Crippen molar-refractivity contribution in [1.82, 2.24) is 0 Å². The minimum Gasteiger partial charge on any atom is -0.412 e. The molecule has 0 aromatic carbocycles. The van der Waals surface area contributed by atoms with Crippen LogP contribution in [0.25, 0.3) is 0 Å². The number of allylic oxidation sites excluding steroid dienone is 2. The number of aliphatic hydroxyl groups is 1. The van der Waals surface area contributed by atoms with E-state index in [1.54, 1.807) is 0 Å². The summed E-state index contributed by atoms with van der Waals surface area (Å²) in [4.78, 5) is 0. The SMILES string of the molecule is C/C=C/C(F)(F)F.C=CCO.O. The molecule has 2 nitrogen and oxygen atoms in total. The molecule has 0 rings (SSSR count). The van der Waals surface area contributed by atoms with Gasteiger partial charge in [0.05, 0.1) is 6.61 Å². The third-order valence-corrected chi connectivity index (χ3v) is 0.485. The van der Waals surface area contributed by atoms with Gasteiger partial charge in [-0.15, -0.1) is 6.58 Å². The van der Waals surface area contributed by atoms with E-state index in [0.29, 0.717) is 0 Å². The molecule has 0 atom stereocenters. The Balaban J connectivity index is -0.000000142. The van der Waals surface area contributed by atoms with Crippen molar-refractivity contribution in [3.8, 4) is 0 Å². The Labute approximate surface area is 69.3 Å². The fraction of sp³-hybridized carbons (Fsp3) is 0.429. The van der Waals surface area contributed by atoms with Gasteiger partial charge in [0.25, 0.3) is 0 Å². The Hall–Kier alpha value is -0.810. The van der Waals surface area contributed by atoms with E-state index in [4.69, 9.17) is 5.11 Å². The Kier molecular flexibility index (Phi) is 14.7. The van der Waals surface area contributed by atoms with Crippen molar-refractivity contribution in [1.29, 1.82) is 0 Å². The third kappa shape index (κ3) is 35.1. The first-order valence-corrected chi connectivity index (χ1v) is 2.90. The summed E-state index contributed by atoms with van der Waals surface area (Å²) in [6.45, 7) is 4.64. The Morgan fingerprint density at radius 3 is 1.75 bits per heavy atom. The van der Waals surface area contributed by atoms with Gasteiger partial charge in [-0.05, 0) is 6.92 Å². The number of alkyl halides is 3. The summed E-state index contributed by atoms with van der Waals surface area (Å²) in [6, 6.07) is 0. The third-order valence-electron chi connectivity index (χ3n) is 0.485. The molecule has 0 amide bonds. The maximum absolute atomic E-state index is 11.0. The van der Waals surface area contributed by atoms with Crippen LogP contribution >= 0.6 is 0 Å². The second-order valence-electron chi connectivity index (χ2n) is 1.51. The van der Waals surface area contributed by atoms with E-state index in [0.717, 1.165) is 6.08 Å². The molecule has 0 saturated carbocycles. The van der Waals surface area contributed by atoms with Crippen molar-refractivity contribution in [3.05, 3.63) is 24.8 Å². The van der Waals surface area contributed by atoms with Crippen LogP contribution in [0.5, 0.6) is 0 Å². The second kappa shape index (κ2) is 10.2. The summed E-state index contributed by atoms with van der Waals surface area (Å²) in [5, 5.41) is 7.76. The molecule has 0 unspecified atom stereocenters. The van der Waals surface area contributed by atoms with Gasteiger partial charge in [-0.25, -0.2) is 0 Å². The van der Waals surface area contributed by atoms with E-state index in [9.17, 15) is 13.2 Å². The minimum absolute atomic E-state index is 0. The van der Waals surface area contributed by atoms with Crippen LogP contribution in [-0.4, -0.2) is 23.4 Å². The predicted octanol–water partition coefficient (Wildman–Crippen LogP) is 1.46. The van der Waals surface area contributed by atoms with Crippen LogP contribution in [0.15, 0.2) is 24.8 Å². The maximum Gasteiger partial charge on any atom is 0.409 e. The van der Waals surface area contributed by atoms with Gasteiger partial charge < -0.3 is 10.6 Å². The van der Waals surface area contributed by atoms with Crippen LogP contribution in [0, 0.1) is 0 Å². The quantitative estimate of drug-likeness (QED) is 0.619. The molecule has 0 aliphatic heterocycles. The van der Waals surface area contributed by atoms with E-state index in [2.05, 4.69) is 6.58 Å². The molecule has 12 heavy (non-hydrogen) atoms. The molecule has 0 fully saturated rings. The summed E-state index contributed by atoms with van der Waals surface area (Å²) < 4.78 is 32.9. The van der Waals surface area contributed by atoms with Crippen LogP contribution in [0.4, 0.5) is 13.2 Å². The van der Waals surface area contributed by atoms with Crippen molar-refractivity contribution in [2.24, 2.45) is 0 Å². The molecule has 74 valence electrons. The zero-order valence-electron chi connectivity index (χ0n) is 6.73. The maximum atomic E-state index is 11.0. The minimum atomic E-state index is -4.13. The van der Waals surface area contributed by atoms with E-state index in [-0.39, 0.29) is 18.2 Å². The lowest BCUT2D eigenvalue weighted by Gasteiger charge is -1.93. The van der Waals surface area contributed by atoms with E-state index in [1.807, 2.05) is 0 Å². The fourth-order valence-corrected chi connectivity index (χ4v) is 0.189. The molecule has 0 bridgehead atoms. The van der Waals surface area contributed by atoms with Crippen molar-refractivity contribution in [2.75, 3.05) is 6.61 Å². The van der Waals surface area contributed by atoms with Crippen molar-refractivity contribution in [2.45, 2.75) is 13.1 Å². The van der Waals surface area contributed by atoms with Crippen molar-refractivity contribution in [3.63, 3.8) is 0 Å². The zero-order valence-corrected chi connectivity index (χ0v) is 6.73. The number of halogens is 3. The van der Waals surface area contributed by atoms with Gasteiger partial charge in [0, 0.05) is 6.08 Å².